The zero-order valence-corrected chi connectivity index (χ0v) is 8.70. The van der Waals surface area contributed by atoms with Gasteiger partial charge in [-0.25, -0.2) is 0 Å². The van der Waals surface area contributed by atoms with Crippen molar-refractivity contribution in [3.63, 3.8) is 0 Å². The molecule has 0 aliphatic carbocycles. The normalized spacial score (nSPS) is 10.1. The maximum absolute atomic E-state index is 8.47. The first-order chi connectivity index (χ1) is 7.33. The van der Waals surface area contributed by atoms with Gasteiger partial charge in [0.1, 0.15) is 0 Å². The molecule has 3 nitrogen and oxygen atoms in total. The first-order valence-electron chi connectivity index (χ1n) is 4.98. The summed E-state index contributed by atoms with van der Waals surface area (Å²) in [7, 11) is 2.03. The zero-order valence-electron chi connectivity index (χ0n) is 8.70. The highest BCUT2D eigenvalue weighted by Gasteiger charge is 2.03. The molecule has 0 aliphatic rings. The van der Waals surface area contributed by atoms with Gasteiger partial charge in [0, 0.05) is 30.7 Å². The number of nitriles is 1. The van der Waals surface area contributed by atoms with Crippen LogP contribution in [0.25, 0.3) is 10.9 Å². The van der Waals surface area contributed by atoms with Crippen LogP contribution < -0.4 is 5.32 Å². The van der Waals surface area contributed by atoms with Crippen LogP contribution in [0.1, 0.15) is 6.42 Å². The summed E-state index contributed by atoms with van der Waals surface area (Å²) in [6.07, 6.45) is 2.59. The average molecular weight is 199 g/mol. The Balaban J connectivity index is 2.32. The van der Waals surface area contributed by atoms with Crippen LogP contribution in [-0.4, -0.2) is 11.1 Å². The molecule has 0 bridgehead atoms. The van der Waals surface area contributed by atoms with E-state index in [-0.39, 0.29) is 0 Å². The molecule has 0 radical (unpaired) electrons. The van der Waals surface area contributed by atoms with E-state index in [0.717, 1.165) is 5.69 Å². The van der Waals surface area contributed by atoms with E-state index in [0.29, 0.717) is 13.0 Å². The van der Waals surface area contributed by atoms with Crippen LogP contribution >= 0.6 is 0 Å². The van der Waals surface area contributed by atoms with Crippen molar-refractivity contribution in [2.75, 3.05) is 11.9 Å². The topological polar surface area (TPSA) is 40.8 Å². The summed E-state index contributed by atoms with van der Waals surface area (Å²) in [5.74, 6) is 0. The molecule has 1 aromatic heterocycles. The molecular formula is C12H13N3. The lowest BCUT2D eigenvalue weighted by molar-refractivity contribution is 0.966. The third-order valence-corrected chi connectivity index (χ3v) is 2.45. The van der Waals surface area contributed by atoms with Crippen molar-refractivity contribution in [1.29, 1.82) is 5.26 Å². The Morgan fingerprint density at radius 2 is 2.20 bits per heavy atom. The molecule has 1 N–H and O–H groups in total. The molecule has 0 atom stereocenters. The highest BCUT2D eigenvalue weighted by atomic mass is 15.0. The van der Waals surface area contributed by atoms with E-state index in [1.807, 2.05) is 19.2 Å². The molecule has 0 saturated heterocycles. The number of aryl methyl sites for hydroxylation is 1. The van der Waals surface area contributed by atoms with Gasteiger partial charge >= 0.3 is 0 Å². The Kier molecular flexibility index (Phi) is 2.59. The number of hydrogen-bond donors (Lipinski definition) is 1. The maximum atomic E-state index is 8.47. The van der Waals surface area contributed by atoms with E-state index < -0.39 is 0 Å². The molecule has 0 fully saturated rings. The summed E-state index contributed by atoms with van der Waals surface area (Å²) in [6, 6.07) is 10.4. The number of nitrogens with zero attached hydrogens (tertiary/aromatic N) is 2. The van der Waals surface area contributed by atoms with Gasteiger partial charge in [-0.3, -0.25) is 0 Å². The van der Waals surface area contributed by atoms with E-state index in [4.69, 9.17) is 5.26 Å². The van der Waals surface area contributed by atoms with Crippen molar-refractivity contribution in [1.82, 2.24) is 4.57 Å². The van der Waals surface area contributed by atoms with E-state index in [1.54, 1.807) is 0 Å². The summed E-state index contributed by atoms with van der Waals surface area (Å²) in [6.45, 7) is 0.699. The number of hydrogen-bond acceptors (Lipinski definition) is 2. The summed E-state index contributed by atoms with van der Waals surface area (Å²) < 4.78 is 2.09. The Morgan fingerprint density at radius 1 is 1.40 bits per heavy atom. The minimum Gasteiger partial charge on any atom is -0.382 e. The quantitative estimate of drug-likeness (QED) is 0.771. The number of rotatable bonds is 3. The number of para-hydroxylation sites is 1. The maximum Gasteiger partial charge on any atom is 0.0640 e. The van der Waals surface area contributed by atoms with Crippen LogP contribution in [0.5, 0.6) is 0 Å². The standard InChI is InChI=1S/C12H13N3/c1-15-9-11(14-8-4-7-13)10-5-2-3-6-12(10)15/h2-3,5-6,9,14H,4,8H2,1H3. The molecule has 1 heterocycles. The van der Waals surface area contributed by atoms with E-state index in [2.05, 4.69) is 34.3 Å². The number of fused-ring (bicyclic) bond motifs is 1. The molecule has 0 amide bonds. The van der Waals surface area contributed by atoms with Crippen molar-refractivity contribution in [2.45, 2.75) is 6.42 Å². The lowest BCUT2D eigenvalue weighted by Gasteiger charge is -2.00. The molecule has 0 spiro atoms. The van der Waals surface area contributed by atoms with Crippen LogP contribution in [0.2, 0.25) is 0 Å². The average Bonchev–Trinajstić information content (AvgIpc) is 2.58. The molecular weight excluding hydrogens is 186 g/mol. The highest BCUT2D eigenvalue weighted by molar-refractivity contribution is 5.92. The van der Waals surface area contributed by atoms with Crippen LogP contribution in [0.15, 0.2) is 30.5 Å². The van der Waals surface area contributed by atoms with Gasteiger partial charge in [0.05, 0.1) is 18.2 Å². The summed E-state index contributed by atoms with van der Waals surface area (Å²) >= 11 is 0. The van der Waals surface area contributed by atoms with Gasteiger partial charge in [-0.05, 0) is 6.07 Å². The number of aromatic nitrogens is 1. The molecule has 1 aromatic carbocycles. The second kappa shape index (κ2) is 4.05. The minimum absolute atomic E-state index is 0.531. The first kappa shape index (κ1) is 9.60. The van der Waals surface area contributed by atoms with Crippen LogP contribution in [0.3, 0.4) is 0 Å². The van der Waals surface area contributed by atoms with E-state index in [9.17, 15) is 0 Å². The zero-order chi connectivity index (χ0) is 10.7. The van der Waals surface area contributed by atoms with Gasteiger partial charge in [-0.2, -0.15) is 5.26 Å². The second-order valence-electron chi connectivity index (χ2n) is 3.51. The lowest BCUT2D eigenvalue weighted by Crippen LogP contribution is -1.99. The van der Waals surface area contributed by atoms with Crippen molar-refractivity contribution in [3.05, 3.63) is 30.5 Å². The van der Waals surface area contributed by atoms with Crippen LogP contribution in [0.4, 0.5) is 5.69 Å². The molecule has 0 saturated carbocycles. The number of anilines is 1. The van der Waals surface area contributed by atoms with E-state index in [1.165, 1.54) is 10.9 Å². The summed E-state index contributed by atoms with van der Waals surface area (Å²) in [5.41, 5.74) is 2.31. The van der Waals surface area contributed by atoms with Gasteiger partial charge in [-0.15, -0.1) is 0 Å². The second-order valence-corrected chi connectivity index (χ2v) is 3.51. The first-order valence-corrected chi connectivity index (χ1v) is 4.98. The molecule has 0 aliphatic heterocycles. The molecule has 15 heavy (non-hydrogen) atoms. The van der Waals surface area contributed by atoms with Gasteiger partial charge in [-0.1, -0.05) is 18.2 Å². The molecule has 3 heteroatoms. The Hall–Kier alpha value is -1.95. The summed E-state index contributed by atoms with van der Waals surface area (Å²) in [5, 5.41) is 12.9. The fraction of sp³-hybridized carbons (Fsp3) is 0.250. The van der Waals surface area contributed by atoms with Crippen LogP contribution in [-0.2, 0) is 7.05 Å². The number of nitrogens with one attached hydrogen (secondary N) is 1. The molecule has 2 aromatic rings. The predicted octanol–water partition coefficient (Wildman–Crippen LogP) is 2.50. The van der Waals surface area contributed by atoms with Gasteiger partial charge < -0.3 is 9.88 Å². The van der Waals surface area contributed by atoms with Gasteiger partial charge in [0.2, 0.25) is 0 Å². The molecule has 2 rings (SSSR count). The Morgan fingerprint density at radius 3 is 3.00 bits per heavy atom. The Labute approximate surface area is 88.9 Å². The SMILES string of the molecule is Cn1cc(NCCC#N)c2ccccc21. The Bertz CT molecular complexity index is 505. The third-order valence-electron chi connectivity index (χ3n) is 2.45. The fourth-order valence-corrected chi connectivity index (χ4v) is 1.74. The summed E-state index contributed by atoms with van der Waals surface area (Å²) in [4.78, 5) is 0. The molecule has 0 unspecified atom stereocenters. The lowest BCUT2D eigenvalue weighted by atomic mass is 10.2. The molecule has 76 valence electrons. The van der Waals surface area contributed by atoms with Crippen molar-refractivity contribution in [2.24, 2.45) is 7.05 Å². The van der Waals surface area contributed by atoms with Crippen LogP contribution in [0, 0.1) is 11.3 Å². The fourth-order valence-electron chi connectivity index (χ4n) is 1.74. The van der Waals surface area contributed by atoms with Crippen molar-refractivity contribution < 1.29 is 0 Å². The third kappa shape index (κ3) is 1.79. The van der Waals surface area contributed by atoms with Gasteiger partial charge in [0.25, 0.3) is 0 Å². The number of benzene rings is 1. The minimum atomic E-state index is 0.531. The predicted molar refractivity (Wildman–Crippen MR) is 61.6 cm³/mol. The monoisotopic (exact) mass is 199 g/mol. The largest absolute Gasteiger partial charge is 0.382 e. The highest BCUT2D eigenvalue weighted by Crippen LogP contribution is 2.24. The smallest absolute Gasteiger partial charge is 0.0640 e. The van der Waals surface area contributed by atoms with Gasteiger partial charge in [0.15, 0.2) is 0 Å². The van der Waals surface area contributed by atoms with Crippen molar-refractivity contribution >= 4 is 16.6 Å². The van der Waals surface area contributed by atoms with Crippen molar-refractivity contribution in [3.8, 4) is 6.07 Å². The van der Waals surface area contributed by atoms with E-state index >= 15 is 0 Å².